The minimum Gasteiger partial charge on any atom is -0.508 e. The van der Waals surface area contributed by atoms with Crippen molar-refractivity contribution in [2.45, 2.75) is 62.6 Å². The zero-order chi connectivity index (χ0) is 27.8. The van der Waals surface area contributed by atoms with Crippen LogP contribution in [0.2, 0.25) is 5.02 Å². The van der Waals surface area contributed by atoms with E-state index in [1.165, 1.54) is 0 Å². The first-order chi connectivity index (χ1) is 19.3. The topological polar surface area (TPSA) is 64.5 Å². The van der Waals surface area contributed by atoms with Gasteiger partial charge in [0.1, 0.15) is 22.9 Å². The third-order valence-corrected chi connectivity index (χ3v) is 9.93. The van der Waals surface area contributed by atoms with E-state index in [1.54, 1.807) is 12.1 Å². The van der Waals surface area contributed by atoms with E-state index in [-0.39, 0.29) is 21.8 Å². The molecule has 3 aromatic carbocycles. The first-order valence-corrected chi connectivity index (χ1v) is 14.7. The van der Waals surface area contributed by atoms with Crippen LogP contribution in [0.1, 0.15) is 44.9 Å². The van der Waals surface area contributed by atoms with E-state index in [0.29, 0.717) is 34.6 Å². The number of anilines is 1. The van der Waals surface area contributed by atoms with Gasteiger partial charge in [0.25, 0.3) is 0 Å². The summed E-state index contributed by atoms with van der Waals surface area (Å²) >= 11 is 6.91. The summed E-state index contributed by atoms with van der Waals surface area (Å²) in [5.74, 6) is 1.12. The Morgan fingerprint density at radius 2 is 1.80 bits per heavy atom. The molecule has 2 N–H and O–H groups in total. The van der Waals surface area contributed by atoms with Crippen LogP contribution in [0.3, 0.4) is 0 Å². The number of nitrogens with zero attached hydrogens (tertiary/aromatic N) is 4. The average molecular weight is 560 g/mol. The normalized spacial score (nSPS) is 26.1. The Labute approximate surface area is 239 Å². The molecule has 1 aromatic heterocycles. The molecule has 2 atom stereocenters. The number of aromatic nitrogens is 2. The van der Waals surface area contributed by atoms with Crippen LogP contribution < -0.4 is 10.2 Å². The van der Waals surface area contributed by atoms with E-state index in [0.717, 1.165) is 67.6 Å². The predicted molar refractivity (Wildman–Crippen MR) is 160 cm³/mol. The molecule has 2 unspecified atom stereocenters. The fourth-order valence-corrected chi connectivity index (χ4v) is 7.51. The summed E-state index contributed by atoms with van der Waals surface area (Å²) in [5.41, 5.74) is 0.944. The van der Waals surface area contributed by atoms with E-state index >= 15 is 4.39 Å². The van der Waals surface area contributed by atoms with Gasteiger partial charge in [0.15, 0.2) is 5.82 Å². The van der Waals surface area contributed by atoms with Crippen molar-refractivity contribution in [2.24, 2.45) is 0 Å². The molecule has 208 valence electrons. The number of phenolic OH excluding ortho intramolecular Hbond substituents is 1. The van der Waals surface area contributed by atoms with Gasteiger partial charge >= 0.3 is 0 Å². The highest BCUT2D eigenvalue weighted by molar-refractivity contribution is 6.35. The van der Waals surface area contributed by atoms with Crippen LogP contribution >= 0.6 is 11.6 Å². The van der Waals surface area contributed by atoms with Crippen LogP contribution in [0, 0.1) is 5.82 Å². The first kappa shape index (κ1) is 25.9. The lowest BCUT2D eigenvalue weighted by Gasteiger charge is -2.49. The van der Waals surface area contributed by atoms with Crippen molar-refractivity contribution in [2.75, 3.05) is 32.1 Å². The summed E-state index contributed by atoms with van der Waals surface area (Å²) in [4.78, 5) is 14.8. The standard InChI is InChI=1S/C32H35ClFN5O/c1-4-32(14-21(15-32)38(2)3)31-36-29-25(30(37-31)39-16-19-9-10-20(17-39)35-19)13-26(33)27(28(29)34)24-12-22(40)11-18-7-5-6-8-23(18)24/h5-8,11-13,19-21,35,40H,4,9-10,14-17H2,1-3H3. The van der Waals surface area contributed by atoms with Crippen molar-refractivity contribution in [3.63, 3.8) is 0 Å². The van der Waals surface area contributed by atoms with E-state index in [4.69, 9.17) is 21.6 Å². The smallest absolute Gasteiger partial charge is 0.158 e. The third-order valence-electron chi connectivity index (χ3n) is 9.63. The molecule has 7 rings (SSSR count). The highest BCUT2D eigenvalue weighted by Gasteiger charge is 2.48. The molecule has 0 radical (unpaired) electrons. The summed E-state index contributed by atoms with van der Waals surface area (Å²) < 4.78 is 16.9. The molecule has 3 fully saturated rings. The van der Waals surface area contributed by atoms with Crippen molar-refractivity contribution in [1.29, 1.82) is 0 Å². The Hall–Kier alpha value is -3.00. The Kier molecular flexibility index (Phi) is 6.18. The number of rotatable bonds is 5. The summed E-state index contributed by atoms with van der Waals surface area (Å²) in [6.45, 7) is 3.85. The fraction of sp³-hybridized carbons (Fsp3) is 0.438. The Morgan fingerprint density at radius 3 is 2.50 bits per heavy atom. The second-order valence-electron chi connectivity index (χ2n) is 12.2. The minimum absolute atomic E-state index is 0.0683. The first-order valence-electron chi connectivity index (χ1n) is 14.4. The highest BCUT2D eigenvalue weighted by Crippen LogP contribution is 2.49. The minimum atomic E-state index is -0.462. The van der Waals surface area contributed by atoms with Crippen LogP contribution in [-0.2, 0) is 5.41 Å². The lowest BCUT2D eigenvalue weighted by atomic mass is 9.62. The second kappa shape index (κ2) is 9.54. The van der Waals surface area contributed by atoms with E-state index in [1.807, 2.05) is 30.3 Å². The fourth-order valence-electron chi connectivity index (χ4n) is 7.21. The van der Waals surface area contributed by atoms with Crippen molar-refractivity contribution in [1.82, 2.24) is 20.2 Å². The zero-order valence-electron chi connectivity index (χ0n) is 23.2. The SMILES string of the molecule is CCC1(c2nc(N3CC4CCC(C3)N4)c3cc(Cl)c(-c4cc(O)cc5ccccc45)c(F)c3n2)CC(N(C)C)C1. The van der Waals surface area contributed by atoms with Gasteiger partial charge in [-0.25, -0.2) is 14.4 Å². The maximum absolute atomic E-state index is 16.9. The van der Waals surface area contributed by atoms with Gasteiger partial charge in [-0.15, -0.1) is 0 Å². The quantitative estimate of drug-likeness (QED) is 0.301. The number of benzene rings is 3. The summed E-state index contributed by atoms with van der Waals surface area (Å²) in [7, 11) is 4.22. The molecule has 1 saturated carbocycles. The summed E-state index contributed by atoms with van der Waals surface area (Å²) in [6, 6.07) is 14.0. The van der Waals surface area contributed by atoms with Gasteiger partial charge in [0.2, 0.25) is 0 Å². The summed E-state index contributed by atoms with van der Waals surface area (Å²) in [5, 5.41) is 16.8. The molecule has 3 aliphatic rings. The van der Waals surface area contributed by atoms with Crippen LogP contribution in [0.15, 0.2) is 42.5 Å². The summed E-state index contributed by atoms with van der Waals surface area (Å²) in [6.07, 6.45) is 5.09. The molecule has 2 aliphatic heterocycles. The molecule has 6 nitrogen and oxygen atoms in total. The maximum Gasteiger partial charge on any atom is 0.158 e. The van der Waals surface area contributed by atoms with Gasteiger partial charge in [-0.2, -0.15) is 0 Å². The van der Waals surface area contributed by atoms with Crippen LogP contribution in [0.4, 0.5) is 10.2 Å². The molecule has 8 heteroatoms. The van der Waals surface area contributed by atoms with Gasteiger partial charge in [0, 0.05) is 47.6 Å². The van der Waals surface area contributed by atoms with Crippen molar-refractivity contribution < 1.29 is 9.50 Å². The number of hydrogen-bond acceptors (Lipinski definition) is 6. The molecule has 2 saturated heterocycles. The Balaban J connectivity index is 1.46. The molecule has 3 heterocycles. The molecule has 0 spiro atoms. The number of fused-ring (bicyclic) bond motifs is 4. The van der Waals surface area contributed by atoms with Crippen LogP contribution in [0.5, 0.6) is 5.75 Å². The third kappa shape index (κ3) is 4.05. The average Bonchev–Trinajstić information content (AvgIpc) is 3.25. The number of hydrogen-bond donors (Lipinski definition) is 2. The lowest BCUT2D eigenvalue weighted by Crippen LogP contribution is -2.53. The number of halogens is 2. The van der Waals surface area contributed by atoms with Gasteiger partial charge in [0.05, 0.1) is 5.02 Å². The lowest BCUT2D eigenvalue weighted by molar-refractivity contribution is 0.0800. The number of piperazine rings is 1. The highest BCUT2D eigenvalue weighted by atomic mass is 35.5. The Morgan fingerprint density at radius 1 is 1.07 bits per heavy atom. The molecule has 2 bridgehead atoms. The molecule has 1 aliphatic carbocycles. The molecular formula is C32H35ClFN5O. The van der Waals surface area contributed by atoms with Gasteiger partial charge < -0.3 is 20.2 Å². The van der Waals surface area contributed by atoms with Gasteiger partial charge in [-0.05, 0) is 80.7 Å². The number of phenols is 1. The van der Waals surface area contributed by atoms with Crippen molar-refractivity contribution in [3.8, 4) is 16.9 Å². The zero-order valence-corrected chi connectivity index (χ0v) is 24.0. The van der Waals surface area contributed by atoms with Gasteiger partial charge in [-0.1, -0.05) is 42.8 Å². The van der Waals surface area contributed by atoms with Crippen LogP contribution in [-0.4, -0.2) is 65.3 Å². The predicted octanol–water partition coefficient (Wildman–Crippen LogP) is 6.26. The molecule has 0 amide bonds. The molecule has 4 aromatic rings. The van der Waals surface area contributed by atoms with Crippen molar-refractivity contribution in [3.05, 3.63) is 59.1 Å². The van der Waals surface area contributed by atoms with Crippen molar-refractivity contribution >= 4 is 39.1 Å². The maximum atomic E-state index is 16.9. The molecular weight excluding hydrogens is 525 g/mol. The monoisotopic (exact) mass is 559 g/mol. The number of aromatic hydroxyl groups is 1. The van der Waals surface area contributed by atoms with E-state index in [2.05, 4.69) is 36.1 Å². The second-order valence-corrected chi connectivity index (χ2v) is 12.6. The van der Waals surface area contributed by atoms with Gasteiger partial charge in [-0.3, -0.25) is 0 Å². The number of nitrogens with one attached hydrogen (secondary N) is 1. The molecule has 40 heavy (non-hydrogen) atoms. The Bertz CT molecular complexity index is 1620. The van der Waals surface area contributed by atoms with E-state index in [9.17, 15) is 5.11 Å². The van der Waals surface area contributed by atoms with Crippen LogP contribution in [0.25, 0.3) is 32.8 Å². The largest absolute Gasteiger partial charge is 0.508 e. The van der Waals surface area contributed by atoms with E-state index < -0.39 is 5.82 Å².